The van der Waals surface area contributed by atoms with Crippen molar-refractivity contribution >= 4 is 33.6 Å². The summed E-state index contributed by atoms with van der Waals surface area (Å²) in [6, 6.07) is 12.2. The first kappa shape index (κ1) is 35.5. The molecule has 1 aliphatic rings. The van der Waals surface area contributed by atoms with E-state index in [1.54, 1.807) is 14.2 Å². The van der Waals surface area contributed by atoms with Gasteiger partial charge in [0.05, 0.1) is 34.7 Å². The van der Waals surface area contributed by atoms with Gasteiger partial charge in [0, 0.05) is 43.2 Å². The zero-order chi connectivity index (χ0) is 35.0. The van der Waals surface area contributed by atoms with E-state index >= 15 is 0 Å². The third-order valence-corrected chi connectivity index (χ3v) is 8.67. The van der Waals surface area contributed by atoms with Crippen molar-refractivity contribution in [3.05, 3.63) is 59.3 Å². The summed E-state index contributed by atoms with van der Waals surface area (Å²) in [6.45, 7) is 18.6. The normalized spacial score (nSPS) is 14.8. The summed E-state index contributed by atoms with van der Waals surface area (Å²) < 4.78 is 30.0. The molecule has 0 unspecified atom stereocenters. The van der Waals surface area contributed by atoms with Gasteiger partial charge in [0.1, 0.15) is 24.3 Å². The number of esters is 1. The molecule has 1 N–H and O–H groups in total. The average molecular weight is 658 g/mol. The van der Waals surface area contributed by atoms with Crippen LogP contribution in [-0.2, 0) is 30.2 Å². The van der Waals surface area contributed by atoms with Crippen molar-refractivity contribution in [2.75, 3.05) is 32.8 Å². The number of rotatable bonds is 11. The van der Waals surface area contributed by atoms with E-state index in [0.29, 0.717) is 12.4 Å². The molecular formula is C39H51N3O6. The van der Waals surface area contributed by atoms with Crippen LogP contribution in [0.15, 0.2) is 42.6 Å². The number of fused-ring (bicyclic) bond motifs is 1. The number of methoxy groups -OCH3 is 2. The molecule has 2 aromatic heterocycles. The number of benzene rings is 2. The Balaban J connectivity index is 1.76. The summed E-state index contributed by atoms with van der Waals surface area (Å²) in [7, 11) is 3.29. The predicted molar refractivity (Wildman–Crippen MR) is 190 cm³/mol. The smallest absolute Gasteiger partial charge is 0.311 e. The van der Waals surface area contributed by atoms with Crippen LogP contribution in [0.25, 0.3) is 32.9 Å². The van der Waals surface area contributed by atoms with Gasteiger partial charge in [0.2, 0.25) is 0 Å². The Hall–Kier alpha value is -3.79. The lowest BCUT2D eigenvalue weighted by Crippen LogP contribution is -2.40. The number of aryl methyl sites for hydroxylation is 1. The summed E-state index contributed by atoms with van der Waals surface area (Å²) in [5.74, 6) is 1.47. The number of nitrogens with zero attached hydrogens (tertiary/aromatic N) is 2. The quantitative estimate of drug-likeness (QED) is 0.126. The number of nitrogens with one attached hydrogen (secondary N) is 1. The molecule has 9 nitrogen and oxygen atoms in total. The number of pyridine rings is 2. The molecule has 1 aliphatic heterocycles. The van der Waals surface area contributed by atoms with E-state index in [4.69, 9.17) is 33.7 Å². The summed E-state index contributed by atoms with van der Waals surface area (Å²) in [5.41, 5.74) is 5.47. The van der Waals surface area contributed by atoms with E-state index in [1.807, 2.05) is 59.9 Å². The van der Waals surface area contributed by atoms with Gasteiger partial charge in [0.15, 0.2) is 6.29 Å². The molecule has 0 bridgehead atoms. The number of carbonyl (C=O) groups is 1. The van der Waals surface area contributed by atoms with Gasteiger partial charge in [-0.3, -0.25) is 9.78 Å². The lowest BCUT2D eigenvalue weighted by atomic mass is 9.86. The molecule has 0 radical (unpaired) electrons. The van der Waals surface area contributed by atoms with E-state index in [0.717, 1.165) is 56.2 Å². The highest BCUT2D eigenvalue weighted by Gasteiger charge is 2.32. The molecule has 5 rings (SSSR count). The van der Waals surface area contributed by atoms with Gasteiger partial charge in [-0.1, -0.05) is 13.8 Å². The van der Waals surface area contributed by atoms with E-state index in [2.05, 4.69) is 50.4 Å². The third kappa shape index (κ3) is 7.43. The average Bonchev–Trinajstić information content (AvgIpc) is 3.02. The van der Waals surface area contributed by atoms with Crippen molar-refractivity contribution in [3.63, 3.8) is 0 Å². The lowest BCUT2D eigenvalue weighted by molar-refractivity contribution is -0.162. The maximum Gasteiger partial charge on any atom is 0.311 e. The molecule has 0 aliphatic carbocycles. The van der Waals surface area contributed by atoms with Crippen LogP contribution in [0.1, 0.15) is 78.2 Å². The SMILES string of the molecule is COC(OC)[C@@H](Nc1ccc2c(-c3ccc4c5c(ccnc35)CCO4)c([C@@H](COC(=O)C(C)(C)C)OC(C)(C)C)c(C)cc2n1)C(C)C. The topological polar surface area (TPSA) is 101 Å². The highest BCUT2D eigenvalue weighted by atomic mass is 16.7. The van der Waals surface area contributed by atoms with E-state index in [1.165, 1.54) is 5.56 Å². The molecule has 3 heterocycles. The number of aromatic nitrogens is 2. The first-order valence-electron chi connectivity index (χ1n) is 16.8. The number of carbonyl (C=O) groups excluding carboxylic acids is 1. The first-order valence-corrected chi connectivity index (χ1v) is 16.8. The second-order valence-electron chi connectivity index (χ2n) is 15.0. The van der Waals surface area contributed by atoms with Crippen LogP contribution < -0.4 is 10.1 Å². The second-order valence-corrected chi connectivity index (χ2v) is 15.0. The first-order chi connectivity index (χ1) is 22.6. The van der Waals surface area contributed by atoms with Crippen molar-refractivity contribution in [2.45, 2.75) is 92.8 Å². The fraction of sp³-hybridized carbons (Fsp3) is 0.513. The van der Waals surface area contributed by atoms with Crippen LogP contribution in [0, 0.1) is 18.3 Å². The fourth-order valence-corrected chi connectivity index (χ4v) is 6.39. The Labute approximate surface area is 284 Å². The van der Waals surface area contributed by atoms with Gasteiger partial charge in [-0.2, -0.15) is 0 Å². The number of anilines is 1. The van der Waals surface area contributed by atoms with E-state index < -0.39 is 23.4 Å². The van der Waals surface area contributed by atoms with Crippen LogP contribution >= 0.6 is 0 Å². The summed E-state index contributed by atoms with van der Waals surface area (Å²) in [6.07, 6.45) is 1.67. The second kappa shape index (κ2) is 14.0. The van der Waals surface area contributed by atoms with E-state index in [9.17, 15) is 4.79 Å². The van der Waals surface area contributed by atoms with Crippen LogP contribution in [0.2, 0.25) is 0 Å². The summed E-state index contributed by atoms with van der Waals surface area (Å²) in [5, 5.41) is 5.50. The Morgan fingerprint density at radius 1 is 1.02 bits per heavy atom. The molecule has 0 spiro atoms. The van der Waals surface area contributed by atoms with Crippen LogP contribution in [-0.4, -0.2) is 61.3 Å². The van der Waals surface area contributed by atoms with Crippen molar-refractivity contribution in [1.82, 2.24) is 9.97 Å². The highest BCUT2D eigenvalue weighted by Crippen LogP contribution is 2.45. The number of ether oxygens (including phenoxy) is 5. The van der Waals surface area contributed by atoms with Crippen LogP contribution in [0.5, 0.6) is 5.75 Å². The lowest BCUT2D eigenvalue weighted by Gasteiger charge is -2.32. The molecule has 9 heteroatoms. The molecule has 0 saturated heterocycles. The van der Waals surface area contributed by atoms with Gasteiger partial charge < -0.3 is 29.0 Å². The van der Waals surface area contributed by atoms with Gasteiger partial charge in [-0.25, -0.2) is 4.98 Å². The zero-order valence-electron chi connectivity index (χ0n) is 30.3. The molecule has 2 aromatic carbocycles. The number of hydrogen-bond acceptors (Lipinski definition) is 9. The molecule has 0 fully saturated rings. The van der Waals surface area contributed by atoms with Crippen LogP contribution in [0.3, 0.4) is 0 Å². The van der Waals surface area contributed by atoms with Crippen molar-refractivity contribution in [1.29, 1.82) is 0 Å². The molecule has 0 saturated carbocycles. The monoisotopic (exact) mass is 657 g/mol. The third-order valence-electron chi connectivity index (χ3n) is 8.67. The molecular weight excluding hydrogens is 606 g/mol. The van der Waals surface area contributed by atoms with Crippen molar-refractivity contribution < 1.29 is 28.5 Å². The largest absolute Gasteiger partial charge is 0.493 e. The minimum Gasteiger partial charge on any atom is -0.493 e. The van der Waals surface area contributed by atoms with Crippen LogP contribution in [0.4, 0.5) is 5.82 Å². The summed E-state index contributed by atoms with van der Waals surface area (Å²) >= 11 is 0. The minimum absolute atomic E-state index is 0.0586. The Kier molecular flexibility index (Phi) is 10.3. The maximum atomic E-state index is 13.0. The van der Waals surface area contributed by atoms with Crippen molar-refractivity contribution in [3.8, 4) is 16.9 Å². The van der Waals surface area contributed by atoms with Crippen molar-refractivity contribution in [2.24, 2.45) is 11.3 Å². The van der Waals surface area contributed by atoms with Gasteiger partial charge in [-0.15, -0.1) is 0 Å². The molecule has 48 heavy (non-hydrogen) atoms. The Morgan fingerprint density at radius 3 is 2.40 bits per heavy atom. The standard InChI is InChI=1S/C39H51N3O6/c1-22(2)34(36(44-10)45-11)42-30-15-13-25-27(41-30)20-23(3)31(29(48-39(7,8)9)21-47-37(43)38(4,5)6)33(25)26-12-14-28-32-24(17-19-46-28)16-18-40-35(26)32/h12-16,18,20,22,29,34,36H,17,19,21H2,1-11H3,(H,41,42)/t29-,34+/m1/s1. The molecule has 4 aromatic rings. The fourth-order valence-electron chi connectivity index (χ4n) is 6.39. The predicted octanol–water partition coefficient (Wildman–Crippen LogP) is 8.19. The van der Waals surface area contributed by atoms with E-state index in [-0.39, 0.29) is 24.5 Å². The molecule has 2 atom stereocenters. The molecule has 258 valence electrons. The minimum atomic E-state index is -0.653. The Bertz CT molecular complexity index is 1780. The van der Waals surface area contributed by atoms with Gasteiger partial charge >= 0.3 is 5.97 Å². The maximum absolute atomic E-state index is 13.0. The Morgan fingerprint density at radius 2 is 1.75 bits per heavy atom. The summed E-state index contributed by atoms with van der Waals surface area (Å²) in [4.78, 5) is 23.1. The molecule has 0 amide bonds. The number of hydrogen-bond donors (Lipinski definition) is 1. The zero-order valence-corrected chi connectivity index (χ0v) is 30.3. The van der Waals surface area contributed by atoms with Gasteiger partial charge in [0.25, 0.3) is 0 Å². The highest BCUT2D eigenvalue weighted by molar-refractivity contribution is 6.07. The van der Waals surface area contributed by atoms with Gasteiger partial charge in [-0.05, 0) is 113 Å².